The molecule has 2 heterocycles. The third-order valence-electron chi connectivity index (χ3n) is 2.30. The Kier molecular flexibility index (Phi) is 3.00. The van der Waals surface area contributed by atoms with E-state index in [1.54, 1.807) is 24.4 Å². The van der Waals surface area contributed by atoms with E-state index in [-0.39, 0.29) is 17.9 Å². The summed E-state index contributed by atoms with van der Waals surface area (Å²) >= 11 is 0. The molecule has 2 rings (SSSR count). The van der Waals surface area contributed by atoms with Gasteiger partial charge in [0.25, 0.3) is 0 Å². The predicted molar refractivity (Wildman–Crippen MR) is 60.5 cm³/mol. The summed E-state index contributed by atoms with van der Waals surface area (Å²) in [7, 11) is 0. The maximum absolute atomic E-state index is 9.03. The molecule has 0 saturated carbocycles. The van der Waals surface area contributed by atoms with Gasteiger partial charge in [0.15, 0.2) is 17.2 Å². The van der Waals surface area contributed by atoms with Crippen molar-refractivity contribution in [3.8, 4) is 29.7 Å². The highest BCUT2D eigenvalue weighted by atomic mass is 15.1. The number of nitrogens with zero attached hydrogens (tertiary/aromatic N) is 6. The summed E-state index contributed by atoms with van der Waals surface area (Å²) in [6.07, 6.45) is 1.58. The normalized spacial score (nSPS) is 9.17. The Bertz CT molecular complexity index is 693. The second-order valence-corrected chi connectivity index (χ2v) is 3.32. The molecule has 0 radical (unpaired) electrons. The molecule has 18 heavy (non-hydrogen) atoms. The van der Waals surface area contributed by atoms with Crippen molar-refractivity contribution < 1.29 is 0 Å². The summed E-state index contributed by atoms with van der Waals surface area (Å²) in [5, 5.41) is 26.7. The molecule has 0 bridgehead atoms. The van der Waals surface area contributed by atoms with E-state index in [0.29, 0.717) is 11.5 Å². The molecular formula is C12H6N6. The SMILES string of the molecule is N#CCn1c(-c2ccccn2)nc(C#N)c1C#N. The molecule has 0 spiro atoms. The van der Waals surface area contributed by atoms with Gasteiger partial charge in [-0.3, -0.25) is 9.55 Å². The average molecular weight is 234 g/mol. The van der Waals surface area contributed by atoms with Crippen molar-refractivity contribution in [2.24, 2.45) is 0 Å². The Morgan fingerprint density at radius 2 is 2.00 bits per heavy atom. The highest BCUT2D eigenvalue weighted by Crippen LogP contribution is 2.19. The second kappa shape index (κ2) is 4.78. The first kappa shape index (κ1) is 11.3. The van der Waals surface area contributed by atoms with Crippen LogP contribution < -0.4 is 0 Å². The minimum Gasteiger partial charge on any atom is -0.299 e. The molecule has 0 unspecified atom stereocenters. The number of aromatic nitrogens is 3. The molecule has 2 aromatic heterocycles. The molecule has 0 aliphatic carbocycles. The van der Waals surface area contributed by atoms with Crippen molar-refractivity contribution in [3.05, 3.63) is 35.8 Å². The Balaban J connectivity index is 2.70. The van der Waals surface area contributed by atoms with Crippen LogP contribution in [0.25, 0.3) is 11.5 Å². The van der Waals surface area contributed by atoms with Crippen LogP contribution in [0.1, 0.15) is 11.4 Å². The second-order valence-electron chi connectivity index (χ2n) is 3.32. The average Bonchev–Trinajstić information content (AvgIpc) is 2.78. The van der Waals surface area contributed by atoms with Gasteiger partial charge in [-0.25, -0.2) is 4.98 Å². The molecule has 0 atom stereocenters. The summed E-state index contributed by atoms with van der Waals surface area (Å²) in [5.74, 6) is 0.352. The van der Waals surface area contributed by atoms with Crippen molar-refractivity contribution >= 4 is 0 Å². The number of imidazole rings is 1. The monoisotopic (exact) mass is 234 g/mol. The van der Waals surface area contributed by atoms with Gasteiger partial charge in [-0.05, 0) is 12.1 Å². The fraction of sp³-hybridized carbons (Fsp3) is 0.0833. The van der Waals surface area contributed by atoms with Gasteiger partial charge < -0.3 is 0 Å². The molecular weight excluding hydrogens is 228 g/mol. The van der Waals surface area contributed by atoms with E-state index in [4.69, 9.17) is 15.8 Å². The van der Waals surface area contributed by atoms with E-state index in [9.17, 15) is 0 Å². The van der Waals surface area contributed by atoms with Crippen LogP contribution in [0.3, 0.4) is 0 Å². The summed E-state index contributed by atoms with van der Waals surface area (Å²) in [4.78, 5) is 8.16. The molecule has 0 aliphatic heterocycles. The summed E-state index contributed by atoms with van der Waals surface area (Å²) < 4.78 is 1.39. The first-order valence-electron chi connectivity index (χ1n) is 5.01. The minimum atomic E-state index is -0.0521. The number of nitriles is 3. The highest BCUT2D eigenvalue weighted by Gasteiger charge is 2.18. The predicted octanol–water partition coefficient (Wildman–Crippen LogP) is 1.21. The molecule has 6 nitrogen and oxygen atoms in total. The van der Waals surface area contributed by atoms with Gasteiger partial charge in [0.1, 0.15) is 24.4 Å². The van der Waals surface area contributed by atoms with Gasteiger partial charge in [0.05, 0.1) is 6.07 Å². The van der Waals surface area contributed by atoms with Crippen LogP contribution in [0.15, 0.2) is 24.4 Å². The molecule has 2 aromatic rings. The quantitative estimate of drug-likeness (QED) is 0.777. The topological polar surface area (TPSA) is 102 Å². The van der Waals surface area contributed by atoms with Crippen LogP contribution >= 0.6 is 0 Å². The van der Waals surface area contributed by atoms with Crippen LogP contribution in [-0.2, 0) is 6.54 Å². The molecule has 84 valence electrons. The van der Waals surface area contributed by atoms with Crippen LogP contribution in [0.5, 0.6) is 0 Å². The maximum Gasteiger partial charge on any atom is 0.177 e. The van der Waals surface area contributed by atoms with Crippen molar-refractivity contribution in [1.29, 1.82) is 15.8 Å². The standard InChI is InChI=1S/C12H6N6/c13-4-6-18-11(8-15)10(7-14)17-12(18)9-3-1-2-5-16-9/h1-3,5H,6H2. The molecule has 0 aromatic carbocycles. The van der Waals surface area contributed by atoms with Crippen molar-refractivity contribution in [2.45, 2.75) is 6.54 Å². The van der Waals surface area contributed by atoms with Crippen molar-refractivity contribution in [1.82, 2.24) is 14.5 Å². The van der Waals surface area contributed by atoms with Gasteiger partial charge in [-0.15, -0.1) is 0 Å². The number of hydrogen-bond donors (Lipinski definition) is 0. The summed E-state index contributed by atoms with van der Waals surface area (Å²) in [6.45, 7) is -0.0521. The molecule has 0 aliphatic rings. The summed E-state index contributed by atoms with van der Waals surface area (Å²) in [6, 6.07) is 10.9. The fourth-order valence-corrected chi connectivity index (χ4v) is 1.56. The Morgan fingerprint density at radius 1 is 1.17 bits per heavy atom. The van der Waals surface area contributed by atoms with Crippen LogP contribution in [0.2, 0.25) is 0 Å². The van der Waals surface area contributed by atoms with Gasteiger partial charge in [-0.1, -0.05) is 6.07 Å². The zero-order valence-electron chi connectivity index (χ0n) is 9.20. The van der Waals surface area contributed by atoms with Crippen LogP contribution in [0.4, 0.5) is 0 Å². The van der Waals surface area contributed by atoms with Gasteiger partial charge >= 0.3 is 0 Å². The smallest absolute Gasteiger partial charge is 0.177 e. The van der Waals surface area contributed by atoms with Gasteiger partial charge in [0.2, 0.25) is 0 Å². The Hall–Kier alpha value is -3.17. The first-order chi connectivity index (χ1) is 8.81. The molecule has 0 N–H and O–H groups in total. The van der Waals surface area contributed by atoms with E-state index in [1.807, 2.05) is 18.2 Å². The van der Waals surface area contributed by atoms with E-state index in [1.165, 1.54) is 4.57 Å². The largest absolute Gasteiger partial charge is 0.299 e. The van der Waals surface area contributed by atoms with Crippen molar-refractivity contribution in [2.75, 3.05) is 0 Å². The summed E-state index contributed by atoms with van der Waals surface area (Å²) in [5.41, 5.74) is 0.610. The van der Waals surface area contributed by atoms with Crippen LogP contribution in [-0.4, -0.2) is 14.5 Å². The molecule has 6 heteroatoms. The van der Waals surface area contributed by atoms with E-state index < -0.39 is 0 Å². The number of hydrogen-bond acceptors (Lipinski definition) is 5. The first-order valence-corrected chi connectivity index (χ1v) is 5.01. The molecule has 0 fully saturated rings. The maximum atomic E-state index is 9.03. The lowest BCUT2D eigenvalue weighted by Gasteiger charge is -2.02. The zero-order valence-corrected chi connectivity index (χ0v) is 9.20. The molecule has 0 amide bonds. The lowest BCUT2D eigenvalue weighted by molar-refractivity contribution is 0.823. The zero-order chi connectivity index (χ0) is 13.0. The fourth-order valence-electron chi connectivity index (χ4n) is 1.56. The third kappa shape index (κ3) is 1.77. The van der Waals surface area contributed by atoms with Crippen LogP contribution in [0, 0.1) is 34.0 Å². The van der Waals surface area contributed by atoms with Gasteiger partial charge in [-0.2, -0.15) is 15.8 Å². The third-order valence-corrected chi connectivity index (χ3v) is 2.30. The van der Waals surface area contributed by atoms with Gasteiger partial charge in [0, 0.05) is 6.20 Å². The number of pyridine rings is 1. The lowest BCUT2D eigenvalue weighted by Crippen LogP contribution is -2.02. The van der Waals surface area contributed by atoms with E-state index >= 15 is 0 Å². The number of rotatable bonds is 2. The molecule has 0 saturated heterocycles. The highest BCUT2D eigenvalue weighted by molar-refractivity contribution is 5.55. The Labute approximate surface area is 103 Å². The lowest BCUT2D eigenvalue weighted by atomic mass is 10.3. The van der Waals surface area contributed by atoms with E-state index in [2.05, 4.69) is 9.97 Å². The Morgan fingerprint density at radius 3 is 2.56 bits per heavy atom. The minimum absolute atomic E-state index is 0.00778. The van der Waals surface area contributed by atoms with Crippen molar-refractivity contribution in [3.63, 3.8) is 0 Å². The van der Waals surface area contributed by atoms with E-state index in [0.717, 1.165) is 0 Å².